The zero-order valence-corrected chi connectivity index (χ0v) is 5.41. The SMILES string of the molecule is O=C(O)Nc1ccncc1F. The van der Waals surface area contributed by atoms with Crippen LogP contribution in [0.15, 0.2) is 18.5 Å². The van der Waals surface area contributed by atoms with Crippen LogP contribution in [0.2, 0.25) is 0 Å². The zero-order valence-electron chi connectivity index (χ0n) is 5.41. The minimum atomic E-state index is -1.30. The van der Waals surface area contributed by atoms with Gasteiger partial charge in [0.15, 0.2) is 5.82 Å². The maximum atomic E-state index is 12.6. The van der Waals surface area contributed by atoms with Crippen molar-refractivity contribution in [3.63, 3.8) is 0 Å². The molecule has 0 saturated carbocycles. The first-order chi connectivity index (χ1) is 5.20. The quantitative estimate of drug-likeness (QED) is 0.644. The molecule has 1 heterocycles. The van der Waals surface area contributed by atoms with E-state index in [1.54, 1.807) is 0 Å². The van der Waals surface area contributed by atoms with Crippen LogP contribution in [0.5, 0.6) is 0 Å². The van der Waals surface area contributed by atoms with Crippen molar-refractivity contribution in [2.24, 2.45) is 0 Å². The number of nitrogens with zero attached hydrogens (tertiary/aromatic N) is 1. The second-order valence-corrected chi connectivity index (χ2v) is 1.79. The molecule has 1 rings (SSSR count). The van der Waals surface area contributed by atoms with Crippen molar-refractivity contribution in [1.29, 1.82) is 0 Å². The lowest BCUT2D eigenvalue weighted by Crippen LogP contribution is -2.08. The molecule has 0 aliphatic heterocycles. The molecule has 2 N–H and O–H groups in total. The molecule has 0 radical (unpaired) electrons. The summed E-state index contributed by atoms with van der Waals surface area (Å²) in [5.74, 6) is -0.685. The number of hydrogen-bond acceptors (Lipinski definition) is 2. The molecule has 0 unspecified atom stereocenters. The summed E-state index contributed by atoms with van der Waals surface area (Å²) in [5, 5.41) is 10.1. The fourth-order valence-electron chi connectivity index (χ4n) is 0.592. The van der Waals surface area contributed by atoms with Gasteiger partial charge in [-0.2, -0.15) is 0 Å². The van der Waals surface area contributed by atoms with Gasteiger partial charge in [0.2, 0.25) is 0 Å². The lowest BCUT2D eigenvalue weighted by atomic mass is 10.4. The Morgan fingerprint density at radius 1 is 1.73 bits per heavy atom. The maximum absolute atomic E-state index is 12.6. The molecule has 0 spiro atoms. The van der Waals surface area contributed by atoms with Crippen LogP contribution in [0, 0.1) is 5.82 Å². The normalized spacial score (nSPS) is 9.18. The number of amides is 1. The van der Waals surface area contributed by atoms with Gasteiger partial charge < -0.3 is 5.11 Å². The van der Waals surface area contributed by atoms with Crippen LogP contribution in [-0.2, 0) is 0 Å². The predicted octanol–water partition coefficient (Wildman–Crippen LogP) is 1.31. The first kappa shape index (κ1) is 7.46. The highest BCUT2D eigenvalue weighted by Gasteiger charge is 2.02. The Kier molecular flexibility index (Phi) is 2.00. The summed E-state index contributed by atoms with van der Waals surface area (Å²) in [7, 11) is 0. The van der Waals surface area contributed by atoms with Crippen LogP contribution >= 0.6 is 0 Å². The summed E-state index contributed by atoms with van der Waals surface area (Å²) in [6.45, 7) is 0. The average molecular weight is 156 g/mol. The van der Waals surface area contributed by atoms with E-state index in [0.29, 0.717) is 0 Å². The summed E-state index contributed by atoms with van der Waals surface area (Å²) in [4.78, 5) is 13.5. The fourth-order valence-corrected chi connectivity index (χ4v) is 0.592. The molecule has 1 aromatic rings. The van der Waals surface area contributed by atoms with Crippen LogP contribution < -0.4 is 5.32 Å². The van der Waals surface area contributed by atoms with Gasteiger partial charge in [0.05, 0.1) is 11.9 Å². The third kappa shape index (κ3) is 1.89. The Morgan fingerprint density at radius 3 is 3.00 bits per heavy atom. The first-order valence-electron chi connectivity index (χ1n) is 2.79. The van der Waals surface area contributed by atoms with Crippen LogP contribution in [0.25, 0.3) is 0 Å². The molecule has 0 aliphatic rings. The van der Waals surface area contributed by atoms with Crippen molar-refractivity contribution in [3.8, 4) is 0 Å². The number of pyridine rings is 1. The van der Waals surface area contributed by atoms with Crippen molar-refractivity contribution in [3.05, 3.63) is 24.3 Å². The second-order valence-electron chi connectivity index (χ2n) is 1.79. The molecule has 4 nitrogen and oxygen atoms in total. The van der Waals surface area contributed by atoms with Gasteiger partial charge in [-0.25, -0.2) is 9.18 Å². The molecule has 11 heavy (non-hydrogen) atoms. The topological polar surface area (TPSA) is 62.2 Å². The molecular formula is C6H5FN2O2. The Morgan fingerprint density at radius 2 is 2.45 bits per heavy atom. The first-order valence-corrected chi connectivity index (χ1v) is 2.79. The average Bonchev–Trinajstić information content (AvgIpc) is 1.93. The van der Waals surface area contributed by atoms with E-state index >= 15 is 0 Å². The smallest absolute Gasteiger partial charge is 0.409 e. The highest BCUT2D eigenvalue weighted by molar-refractivity contribution is 5.82. The zero-order chi connectivity index (χ0) is 8.27. The molecule has 0 saturated heterocycles. The number of carbonyl (C=O) groups is 1. The number of halogens is 1. The molecular weight excluding hydrogens is 151 g/mol. The molecule has 1 amide bonds. The standard InChI is InChI=1S/C6H5FN2O2/c7-4-3-8-2-1-5(4)9-6(10)11/h1-3H,(H,8,9)(H,10,11). The number of hydrogen-bond donors (Lipinski definition) is 2. The molecule has 0 aromatic carbocycles. The largest absolute Gasteiger partial charge is 0.465 e. The van der Waals surface area contributed by atoms with Crippen molar-refractivity contribution < 1.29 is 14.3 Å². The van der Waals surface area contributed by atoms with Gasteiger partial charge in [0.25, 0.3) is 0 Å². The van der Waals surface area contributed by atoms with E-state index in [2.05, 4.69) is 4.98 Å². The van der Waals surface area contributed by atoms with Crippen LogP contribution in [0.1, 0.15) is 0 Å². The van der Waals surface area contributed by atoms with Gasteiger partial charge in [-0.05, 0) is 6.07 Å². The van der Waals surface area contributed by atoms with Gasteiger partial charge in [0, 0.05) is 6.20 Å². The predicted molar refractivity (Wildman–Crippen MR) is 35.8 cm³/mol. The van der Waals surface area contributed by atoms with Crippen LogP contribution in [-0.4, -0.2) is 16.2 Å². The third-order valence-corrected chi connectivity index (χ3v) is 1.01. The molecule has 58 valence electrons. The van der Waals surface area contributed by atoms with E-state index in [1.165, 1.54) is 12.3 Å². The Hall–Kier alpha value is -1.65. The fraction of sp³-hybridized carbons (Fsp3) is 0. The van der Waals surface area contributed by atoms with Crippen molar-refractivity contribution >= 4 is 11.8 Å². The second kappa shape index (κ2) is 2.96. The van der Waals surface area contributed by atoms with E-state index in [1.807, 2.05) is 5.32 Å². The van der Waals surface area contributed by atoms with E-state index in [0.717, 1.165) is 6.20 Å². The molecule has 1 aromatic heterocycles. The van der Waals surface area contributed by atoms with Gasteiger partial charge in [-0.1, -0.05) is 0 Å². The maximum Gasteiger partial charge on any atom is 0.409 e. The lowest BCUT2D eigenvalue weighted by Gasteiger charge is -1.99. The molecule has 0 bridgehead atoms. The van der Waals surface area contributed by atoms with E-state index in [9.17, 15) is 9.18 Å². The number of carboxylic acid groups (broad SMARTS) is 1. The van der Waals surface area contributed by atoms with Crippen molar-refractivity contribution in [1.82, 2.24) is 4.98 Å². The Labute approximate surface area is 61.7 Å². The van der Waals surface area contributed by atoms with Gasteiger partial charge in [0.1, 0.15) is 0 Å². The molecule has 0 fully saturated rings. The van der Waals surface area contributed by atoms with Crippen molar-refractivity contribution in [2.45, 2.75) is 0 Å². The number of nitrogens with one attached hydrogen (secondary N) is 1. The van der Waals surface area contributed by atoms with E-state index < -0.39 is 11.9 Å². The minimum absolute atomic E-state index is 0.0903. The van der Waals surface area contributed by atoms with E-state index in [4.69, 9.17) is 5.11 Å². The van der Waals surface area contributed by atoms with Gasteiger partial charge in [-0.15, -0.1) is 0 Å². The molecule has 0 aliphatic carbocycles. The number of anilines is 1. The third-order valence-electron chi connectivity index (χ3n) is 1.01. The number of aromatic nitrogens is 1. The van der Waals surface area contributed by atoms with Gasteiger partial charge in [-0.3, -0.25) is 10.3 Å². The summed E-state index contributed by atoms with van der Waals surface area (Å²) in [6.07, 6.45) is 0.940. The Balaban J connectivity index is 2.86. The monoisotopic (exact) mass is 156 g/mol. The summed E-state index contributed by atoms with van der Waals surface area (Å²) in [6, 6.07) is 1.24. The summed E-state index contributed by atoms with van der Waals surface area (Å²) >= 11 is 0. The minimum Gasteiger partial charge on any atom is -0.465 e. The highest BCUT2D eigenvalue weighted by Crippen LogP contribution is 2.09. The Bertz CT molecular complexity index is 277. The molecule has 5 heteroatoms. The van der Waals surface area contributed by atoms with Crippen molar-refractivity contribution in [2.75, 3.05) is 5.32 Å². The summed E-state index contributed by atoms with van der Waals surface area (Å²) in [5.41, 5.74) is -0.0903. The number of rotatable bonds is 1. The molecule has 0 atom stereocenters. The summed E-state index contributed by atoms with van der Waals surface area (Å²) < 4.78 is 12.6. The lowest BCUT2D eigenvalue weighted by molar-refractivity contribution is 0.209. The van der Waals surface area contributed by atoms with E-state index in [-0.39, 0.29) is 5.69 Å². The van der Waals surface area contributed by atoms with Crippen LogP contribution in [0.4, 0.5) is 14.9 Å². The van der Waals surface area contributed by atoms with Gasteiger partial charge >= 0.3 is 6.09 Å². The van der Waals surface area contributed by atoms with Crippen LogP contribution in [0.3, 0.4) is 0 Å². The highest BCUT2D eigenvalue weighted by atomic mass is 19.1.